The van der Waals surface area contributed by atoms with Crippen molar-refractivity contribution in [3.8, 4) is 0 Å². The molecule has 1 heterocycles. The predicted molar refractivity (Wildman–Crippen MR) is 65.8 cm³/mol. The van der Waals surface area contributed by atoms with Crippen molar-refractivity contribution in [2.45, 2.75) is 26.3 Å². The summed E-state index contributed by atoms with van der Waals surface area (Å²) in [5.41, 5.74) is 2.43. The second kappa shape index (κ2) is 5.10. The molecular formula is C13H17N3O. The quantitative estimate of drug-likeness (QED) is 0.876. The Kier molecular flexibility index (Phi) is 3.54. The maximum absolute atomic E-state index is 5.23. The Balaban J connectivity index is 2.11. The summed E-state index contributed by atoms with van der Waals surface area (Å²) in [7, 11) is 1.88. The van der Waals surface area contributed by atoms with Gasteiger partial charge in [0, 0.05) is 0 Å². The minimum absolute atomic E-state index is 0.116. The molecule has 90 valence electrons. The Hall–Kier alpha value is -1.68. The average Bonchev–Trinajstić information content (AvgIpc) is 2.76. The molecule has 4 heteroatoms. The van der Waals surface area contributed by atoms with E-state index in [9.17, 15) is 0 Å². The second-order valence-corrected chi connectivity index (χ2v) is 4.22. The van der Waals surface area contributed by atoms with Crippen LogP contribution in [0.2, 0.25) is 0 Å². The summed E-state index contributed by atoms with van der Waals surface area (Å²) in [6.45, 7) is 4.08. The highest BCUT2D eigenvalue weighted by Gasteiger charge is 2.11. The van der Waals surface area contributed by atoms with Crippen LogP contribution < -0.4 is 5.32 Å². The number of hydrogen-bond acceptors (Lipinski definition) is 4. The average molecular weight is 231 g/mol. The van der Waals surface area contributed by atoms with Gasteiger partial charge in [0.2, 0.25) is 5.89 Å². The third-order valence-electron chi connectivity index (χ3n) is 2.74. The van der Waals surface area contributed by atoms with Gasteiger partial charge < -0.3 is 9.84 Å². The zero-order chi connectivity index (χ0) is 12.3. The van der Waals surface area contributed by atoms with E-state index < -0.39 is 0 Å². The number of aromatic nitrogens is 2. The highest BCUT2D eigenvalue weighted by Crippen LogP contribution is 2.12. The lowest BCUT2D eigenvalue weighted by atomic mass is 10.1. The van der Waals surface area contributed by atoms with Gasteiger partial charge in [0.1, 0.15) is 0 Å². The summed E-state index contributed by atoms with van der Waals surface area (Å²) < 4.78 is 5.23. The Morgan fingerprint density at radius 2 is 2.24 bits per heavy atom. The molecule has 0 spiro atoms. The van der Waals surface area contributed by atoms with E-state index in [4.69, 9.17) is 4.52 Å². The van der Waals surface area contributed by atoms with E-state index >= 15 is 0 Å². The molecule has 0 bridgehead atoms. The maximum Gasteiger partial charge on any atom is 0.231 e. The van der Waals surface area contributed by atoms with Crippen LogP contribution in [0.1, 0.15) is 35.8 Å². The van der Waals surface area contributed by atoms with Crippen molar-refractivity contribution in [2.75, 3.05) is 7.05 Å². The van der Waals surface area contributed by atoms with E-state index in [1.807, 2.05) is 20.0 Å². The fourth-order valence-corrected chi connectivity index (χ4v) is 1.64. The third-order valence-corrected chi connectivity index (χ3v) is 2.74. The molecule has 0 aliphatic rings. The van der Waals surface area contributed by atoms with Crippen molar-refractivity contribution in [3.63, 3.8) is 0 Å². The summed E-state index contributed by atoms with van der Waals surface area (Å²) >= 11 is 0. The van der Waals surface area contributed by atoms with Crippen molar-refractivity contribution in [2.24, 2.45) is 0 Å². The number of rotatable bonds is 4. The van der Waals surface area contributed by atoms with Gasteiger partial charge in [0.15, 0.2) is 5.82 Å². The minimum atomic E-state index is 0.116. The van der Waals surface area contributed by atoms with Crippen LogP contribution in [0, 0.1) is 6.92 Å². The molecule has 2 rings (SSSR count). The Bertz CT molecular complexity index is 493. The maximum atomic E-state index is 5.23. The highest BCUT2D eigenvalue weighted by molar-refractivity contribution is 5.24. The topological polar surface area (TPSA) is 51.0 Å². The molecular weight excluding hydrogens is 214 g/mol. The summed E-state index contributed by atoms with van der Waals surface area (Å²) in [5.74, 6) is 1.36. The standard InChI is InChI=1S/C13H17N3O/c1-9-5-4-6-11(7-9)8-12-15-13(16-17-12)10(2)14-3/h4-7,10,14H,8H2,1-3H3. The van der Waals surface area contributed by atoms with E-state index in [0.29, 0.717) is 18.1 Å². The molecule has 17 heavy (non-hydrogen) atoms. The molecule has 2 aromatic rings. The van der Waals surface area contributed by atoms with E-state index in [1.54, 1.807) is 0 Å². The Morgan fingerprint density at radius 1 is 1.41 bits per heavy atom. The minimum Gasteiger partial charge on any atom is -0.339 e. The van der Waals surface area contributed by atoms with Crippen molar-refractivity contribution >= 4 is 0 Å². The molecule has 4 nitrogen and oxygen atoms in total. The van der Waals surface area contributed by atoms with Crippen LogP contribution in [-0.4, -0.2) is 17.2 Å². The van der Waals surface area contributed by atoms with Gasteiger partial charge in [-0.05, 0) is 26.5 Å². The van der Waals surface area contributed by atoms with E-state index in [0.717, 1.165) is 0 Å². The van der Waals surface area contributed by atoms with Gasteiger partial charge in [-0.3, -0.25) is 0 Å². The van der Waals surface area contributed by atoms with E-state index in [1.165, 1.54) is 11.1 Å². The molecule has 0 aliphatic heterocycles. The summed E-state index contributed by atoms with van der Waals surface area (Å²) in [6, 6.07) is 8.43. The lowest BCUT2D eigenvalue weighted by Gasteiger charge is -2.01. The lowest BCUT2D eigenvalue weighted by Crippen LogP contribution is -2.13. The van der Waals surface area contributed by atoms with Crippen LogP contribution in [0.3, 0.4) is 0 Å². The zero-order valence-electron chi connectivity index (χ0n) is 10.4. The molecule has 1 atom stereocenters. The molecule has 1 unspecified atom stereocenters. The molecule has 0 aliphatic carbocycles. The molecule has 1 aromatic carbocycles. The fourth-order valence-electron chi connectivity index (χ4n) is 1.64. The number of hydrogen-bond donors (Lipinski definition) is 1. The lowest BCUT2D eigenvalue weighted by molar-refractivity contribution is 0.374. The first-order valence-electron chi connectivity index (χ1n) is 5.74. The van der Waals surface area contributed by atoms with E-state index in [-0.39, 0.29) is 6.04 Å². The van der Waals surface area contributed by atoms with Gasteiger partial charge >= 0.3 is 0 Å². The van der Waals surface area contributed by atoms with Gasteiger partial charge in [-0.2, -0.15) is 4.98 Å². The zero-order valence-corrected chi connectivity index (χ0v) is 10.4. The first-order valence-corrected chi connectivity index (χ1v) is 5.74. The number of aryl methyl sites for hydroxylation is 1. The highest BCUT2D eigenvalue weighted by atomic mass is 16.5. The molecule has 0 radical (unpaired) electrons. The van der Waals surface area contributed by atoms with Crippen LogP contribution in [0.5, 0.6) is 0 Å². The summed E-state index contributed by atoms with van der Waals surface area (Å²) in [5, 5.41) is 7.04. The van der Waals surface area contributed by atoms with Crippen molar-refractivity contribution in [1.29, 1.82) is 0 Å². The Labute approximate surface area is 101 Å². The monoisotopic (exact) mass is 231 g/mol. The van der Waals surface area contributed by atoms with Crippen LogP contribution in [0.4, 0.5) is 0 Å². The second-order valence-electron chi connectivity index (χ2n) is 4.22. The van der Waals surface area contributed by atoms with Gasteiger partial charge in [-0.25, -0.2) is 0 Å². The first-order chi connectivity index (χ1) is 8.19. The van der Waals surface area contributed by atoms with Crippen LogP contribution in [0.15, 0.2) is 28.8 Å². The smallest absolute Gasteiger partial charge is 0.231 e. The predicted octanol–water partition coefficient (Wildman–Crippen LogP) is 2.25. The normalized spacial score (nSPS) is 12.6. The number of nitrogens with one attached hydrogen (secondary N) is 1. The van der Waals surface area contributed by atoms with Crippen LogP contribution in [0.25, 0.3) is 0 Å². The van der Waals surface area contributed by atoms with Crippen molar-refractivity contribution in [3.05, 3.63) is 47.1 Å². The molecule has 0 amide bonds. The number of benzene rings is 1. The van der Waals surface area contributed by atoms with Crippen molar-refractivity contribution < 1.29 is 4.52 Å². The fraction of sp³-hybridized carbons (Fsp3) is 0.385. The van der Waals surface area contributed by atoms with Crippen molar-refractivity contribution in [1.82, 2.24) is 15.5 Å². The molecule has 0 saturated carbocycles. The molecule has 0 saturated heterocycles. The SMILES string of the molecule is CNC(C)c1noc(Cc2cccc(C)c2)n1. The molecule has 1 N–H and O–H groups in total. The summed E-state index contributed by atoms with van der Waals surface area (Å²) in [4.78, 5) is 4.37. The molecule has 1 aromatic heterocycles. The summed E-state index contributed by atoms with van der Waals surface area (Å²) in [6.07, 6.45) is 0.686. The van der Waals surface area contributed by atoms with Crippen LogP contribution >= 0.6 is 0 Å². The number of nitrogens with zero attached hydrogens (tertiary/aromatic N) is 2. The third kappa shape index (κ3) is 2.91. The van der Waals surface area contributed by atoms with Gasteiger partial charge in [0.05, 0.1) is 12.5 Å². The van der Waals surface area contributed by atoms with Gasteiger partial charge in [-0.1, -0.05) is 35.0 Å². The Morgan fingerprint density at radius 3 is 2.94 bits per heavy atom. The van der Waals surface area contributed by atoms with E-state index in [2.05, 4.69) is 40.6 Å². The first kappa shape index (κ1) is 11.8. The van der Waals surface area contributed by atoms with Crippen LogP contribution in [-0.2, 0) is 6.42 Å². The van der Waals surface area contributed by atoms with Gasteiger partial charge in [-0.15, -0.1) is 0 Å². The largest absolute Gasteiger partial charge is 0.339 e. The molecule has 0 fully saturated rings. The van der Waals surface area contributed by atoms with Gasteiger partial charge in [0.25, 0.3) is 0 Å².